The van der Waals surface area contributed by atoms with Crippen LogP contribution in [0.4, 0.5) is 0 Å². The maximum Gasteiger partial charge on any atom is 0.189 e. The zero-order valence-corrected chi connectivity index (χ0v) is 12.0. The van der Waals surface area contributed by atoms with Crippen LogP contribution in [0.2, 0.25) is 5.02 Å². The fraction of sp³-hybridized carbons (Fsp3) is 0.467. The van der Waals surface area contributed by atoms with E-state index < -0.39 is 11.5 Å². The van der Waals surface area contributed by atoms with Crippen LogP contribution in [0.15, 0.2) is 24.3 Å². The molecule has 1 aliphatic carbocycles. The topological polar surface area (TPSA) is 50.1 Å². The van der Waals surface area contributed by atoms with E-state index in [9.17, 15) is 4.79 Å². The molecule has 0 amide bonds. The van der Waals surface area contributed by atoms with Gasteiger partial charge in [-0.2, -0.15) is 0 Å². The highest BCUT2D eigenvalue weighted by Gasteiger charge is 2.52. The smallest absolute Gasteiger partial charge is 0.189 e. The summed E-state index contributed by atoms with van der Waals surface area (Å²) in [6.45, 7) is 1.91. The van der Waals surface area contributed by atoms with E-state index >= 15 is 0 Å². The SMILES string of the molecule is CCC(OC)C(=N)C(=O)C1(c2ccc(Cl)cc2)CC1. The molecule has 0 spiro atoms. The van der Waals surface area contributed by atoms with E-state index in [0.29, 0.717) is 11.4 Å². The van der Waals surface area contributed by atoms with Crippen molar-refractivity contribution in [2.75, 3.05) is 7.11 Å². The Balaban J connectivity index is 2.23. The zero-order valence-electron chi connectivity index (χ0n) is 11.2. The number of halogens is 1. The molecule has 1 N–H and O–H groups in total. The molecule has 1 aliphatic rings. The second kappa shape index (κ2) is 5.43. The second-order valence-electron chi connectivity index (χ2n) is 4.96. The van der Waals surface area contributed by atoms with Crippen molar-refractivity contribution in [3.63, 3.8) is 0 Å². The number of carbonyl (C=O) groups excluding carboxylic acids is 1. The largest absolute Gasteiger partial charge is 0.375 e. The molecule has 0 radical (unpaired) electrons. The number of rotatable bonds is 6. The van der Waals surface area contributed by atoms with Gasteiger partial charge in [-0.15, -0.1) is 0 Å². The van der Waals surface area contributed by atoms with E-state index in [2.05, 4.69) is 0 Å². The minimum atomic E-state index is -0.506. The molecule has 1 aromatic carbocycles. The van der Waals surface area contributed by atoms with Crippen molar-refractivity contribution in [3.8, 4) is 0 Å². The summed E-state index contributed by atoms with van der Waals surface area (Å²) >= 11 is 5.87. The summed E-state index contributed by atoms with van der Waals surface area (Å²) in [7, 11) is 1.54. The van der Waals surface area contributed by atoms with E-state index in [-0.39, 0.29) is 11.5 Å². The molecule has 4 heteroatoms. The van der Waals surface area contributed by atoms with Crippen LogP contribution in [0.1, 0.15) is 31.7 Å². The quantitative estimate of drug-likeness (QED) is 0.812. The highest BCUT2D eigenvalue weighted by molar-refractivity contribution is 6.44. The number of hydrogen-bond acceptors (Lipinski definition) is 3. The Labute approximate surface area is 118 Å². The predicted octanol–water partition coefficient (Wildman–Crippen LogP) is 3.39. The lowest BCUT2D eigenvalue weighted by Gasteiger charge is -2.19. The summed E-state index contributed by atoms with van der Waals surface area (Å²) in [5, 5.41) is 8.70. The minimum Gasteiger partial charge on any atom is -0.375 e. The van der Waals surface area contributed by atoms with Crippen LogP contribution in [0.25, 0.3) is 0 Å². The first kappa shape index (κ1) is 14.2. The van der Waals surface area contributed by atoms with Crippen LogP contribution in [0, 0.1) is 5.41 Å². The van der Waals surface area contributed by atoms with Gasteiger partial charge in [-0.05, 0) is 37.0 Å². The third-order valence-corrected chi connectivity index (χ3v) is 4.06. The van der Waals surface area contributed by atoms with Gasteiger partial charge in [0.05, 0.1) is 5.41 Å². The summed E-state index contributed by atoms with van der Waals surface area (Å²) in [4.78, 5) is 12.5. The Hall–Kier alpha value is -1.19. The molecule has 1 fully saturated rings. The molecule has 0 aromatic heterocycles. The van der Waals surface area contributed by atoms with Gasteiger partial charge in [-0.1, -0.05) is 30.7 Å². The number of ketones is 1. The lowest BCUT2D eigenvalue weighted by molar-refractivity contribution is -0.115. The van der Waals surface area contributed by atoms with Crippen molar-refractivity contribution in [1.29, 1.82) is 5.41 Å². The monoisotopic (exact) mass is 279 g/mol. The number of carbonyl (C=O) groups is 1. The Morgan fingerprint density at radius 2 is 2.00 bits per heavy atom. The maximum atomic E-state index is 12.5. The lowest BCUT2D eigenvalue weighted by atomic mass is 9.87. The van der Waals surface area contributed by atoms with E-state index in [4.69, 9.17) is 21.7 Å². The van der Waals surface area contributed by atoms with Crippen LogP contribution >= 0.6 is 11.6 Å². The fourth-order valence-electron chi connectivity index (χ4n) is 2.43. The number of ether oxygens (including phenoxy) is 1. The molecule has 1 saturated carbocycles. The van der Waals surface area contributed by atoms with Gasteiger partial charge in [0.15, 0.2) is 5.78 Å². The van der Waals surface area contributed by atoms with Crippen molar-refractivity contribution >= 4 is 23.1 Å². The molecule has 3 nitrogen and oxygen atoms in total. The third-order valence-electron chi connectivity index (χ3n) is 3.80. The maximum absolute atomic E-state index is 12.5. The van der Waals surface area contributed by atoms with Gasteiger partial charge >= 0.3 is 0 Å². The molecule has 2 rings (SSSR count). The van der Waals surface area contributed by atoms with Crippen molar-refractivity contribution in [2.45, 2.75) is 37.7 Å². The first-order chi connectivity index (χ1) is 9.05. The van der Waals surface area contributed by atoms with Crippen molar-refractivity contribution in [1.82, 2.24) is 0 Å². The molecular formula is C15H18ClNO2. The number of nitrogens with one attached hydrogen (secondary N) is 1. The Morgan fingerprint density at radius 3 is 2.42 bits per heavy atom. The van der Waals surface area contributed by atoms with Crippen molar-refractivity contribution in [2.24, 2.45) is 0 Å². The summed E-state index contributed by atoms with van der Waals surface area (Å²) in [6, 6.07) is 7.35. The van der Waals surface area contributed by atoms with E-state index in [1.807, 2.05) is 19.1 Å². The molecular weight excluding hydrogens is 262 g/mol. The zero-order chi connectivity index (χ0) is 14.0. The van der Waals surface area contributed by atoms with Crippen LogP contribution < -0.4 is 0 Å². The van der Waals surface area contributed by atoms with Crippen LogP contribution in [-0.4, -0.2) is 24.7 Å². The summed E-state index contributed by atoms with van der Waals surface area (Å²) in [6.07, 6.45) is 1.83. The Kier molecular flexibility index (Phi) is 4.07. The van der Waals surface area contributed by atoms with Gasteiger partial charge < -0.3 is 4.74 Å². The molecule has 19 heavy (non-hydrogen) atoms. The number of Topliss-reactive ketones (excluding diaryl/α,β-unsaturated/α-hetero) is 1. The van der Waals surface area contributed by atoms with Crippen molar-refractivity contribution in [3.05, 3.63) is 34.9 Å². The normalized spacial score (nSPS) is 17.8. The molecule has 1 unspecified atom stereocenters. The first-order valence-corrected chi connectivity index (χ1v) is 6.85. The van der Waals surface area contributed by atoms with Gasteiger partial charge in [0.2, 0.25) is 0 Å². The standard InChI is InChI=1S/C15H18ClNO2/c1-3-12(19-2)13(17)14(18)15(8-9-15)10-4-6-11(16)7-5-10/h4-7,12,17H,3,8-9H2,1-2H3. The lowest BCUT2D eigenvalue weighted by Crippen LogP contribution is -2.36. The third kappa shape index (κ3) is 2.58. The Morgan fingerprint density at radius 1 is 1.42 bits per heavy atom. The molecule has 1 aromatic rings. The van der Waals surface area contributed by atoms with Crippen LogP contribution in [-0.2, 0) is 14.9 Å². The van der Waals surface area contributed by atoms with Crippen LogP contribution in [0.3, 0.4) is 0 Å². The summed E-state index contributed by atoms with van der Waals surface area (Å²) < 4.78 is 5.19. The van der Waals surface area contributed by atoms with Gasteiger partial charge in [0.25, 0.3) is 0 Å². The Bertz CT molecular complexity index is 487. The average molecular weight is 280 g/mol. The summed E-state index contributed by atoms with van der Waals surface area (Å²) in [5.41, 5.74) is 0.531. The van der Waals surface area contributed by atoms with E-state index in [1.165, 1.54) is 7.11 Å². The average Bonchev–Trinajstić information content (AvgIpc) is 3.21. The fourth-order valence-corrected chi connectivity index (χ4v) is 2.56. The highest BCUT2D eigenvalue weighted by Crippen LogP contribution is 2.49. The van der Waals surface area contributed by atoms with Gasteiger partial charge in [-0.3, -0.25) is 10.2 Å². The molecule has 0 aliphatic heterocycles. The highest BCUT2D eigenvalue weighted by atomic mass is 35.5. The number of methoxy groups -OCH3 is 1. The molecule has 0 bridgehead atoms. The van der Waals surface area contributed by atoms with Gasteiger partial charge in [0.1, 0.15) is 11.8 Å². The predicted molar refractivity (Wildman–Crippen MR) is 76.2 cm³/mol. The molecule has 0 heterocycles. The van der Waals surface area contributed by atoms with Crippen LogP contribution in [0.5, 0.6) is 0 Å². The van der Waals surface area contributed by atoms with Crippen molar-refractivity contribution < 1.29 is 9.53 Å². The number of benzene rings is 1. The van der Waals surface area contributed by atoms with E-state index in [1.54, 1.807) is 12.1 Å². The molecule has 1 atom stereocenters. The summed E-state index contributed by atoms with van der Waals surface area (Å²) in [5.74, 6) is -0.108. The van der Waals surface area contributed by atoms with E-state index in [0.717, 1.165) is 18.4 Å². The molecule has 0 saturated heterocycles. The van der Waals surface area contributed by atoms with Gasteiger partial charge in [0, 0.05) is 12.1 Å². The second-order valence-corrected chi connectivity index (χ2v) is 5.40. The van der Waals surface area contributed by atoms with Gasteiger partial charge in [-0.25, -0.2) is 0 Å². The minimum absolute atomic E-state index is 0.0810. The number of hydrogen-bond donors (Lipinski definition) is 1. The first-order valence-electron chi connectivity index (χ1n) is 6.47. The molecule has 102 valence electrons.